The van der Waals surface area contributed by atoms with Crippen molar-refractivity contribution in [2.75, 3.05) is 5.32 Å². The number of hydrogen-bond donors (Lipinski definition) is 2. The molecule has 0 saturated heterocycles. The number of amides is 2. The first-order valence-electron chi connectivity index (χ1n) is 10.0. The Bertz CT molecular complexity index is 804. The fraction of sp³-hybridized carbons (Fsp3) is 0.619. The van der Waals surface area contributed by atoms with E-state index in [9.17, 15) is 22.8 Å². The monoisotopic (exact) mass is 428 g/mol. The molecular formula is C21H24ClF3N2O2. The predicted octanol–water partition coefficient (Wildman–Crippen LogP) is 5.02. The summed E-state index contributed by atoms with van der Waals surface area (Å²) < 4.78 is 38.9. The maximum Gasteiger partial charge on any atom is 0.417 e. The third kappa shape index (κ3) is 3.98. The van der Waals surface area contributed by atoms with E-state index in [0.29, 0.717) is 17.8 Å². The average Bonchev–Trinajstić information content (AvgIpc) is 2.61. The SMILES string of the molecule is CC(NC(=O)C(=O)Nc1ccc(Cl)c(C(F)(F)F)c1)C12CC3CC(CC(C3)C1)C2. The average molecular weight is 429 g/mol. The first-order chi connectivity index (χ1) is 13.6. The van der Waals surface area contributed by atoms with Crippen LogP contribution in [0.4, 0.5) is 18.9 Å². The number of nitrogens with one attached hydrogen (secondary N) is 2. The highest BCUT2D eigenvalue weighted by Crippen LogP contribution is 2.61. The summed E-state index contributed by atoms with van der Waals surface area (Å²) >= 11 is 5.59. The normalized spacial score (nSPS) is 31.4. The van der Waals surface area contributed by atoms with Crippen LogP contribution < -0.4 is 10.6 Å². The van der Waals surface area contributed by atoms with Crippen molar-refractivity contribution in [3.05, 3.63) is 28.8 Å². The molecule has 29 heavy (non-hydrogen) atoms. The van der Waals surface area contributed by atoms with Crippen molar-refractivity contribution in [3.8, 4) is 0 Å². The lowest BCUT2D eigenvalue weighted by atomic mass is 9.48. The summed E-state index contributed by atoms with van der Waals surface area (Å²) in [6.07, 6.45) is 2.42. The Morgan fingerprint density at radius 3 is 2.14 bits per heavy atom. The summed E-state index contributed by atoms with van der Waals surface area (Å²) in [7, 11) is 0. The third-order valence-electron chi connectivity index (χ3n) is 7.09. The van der Waals surface area contributed by atoms with Crippen molar-refractivity contribution in [1.29, 1.82) is 0 Å². The molecule has 0 aliphatic heterocycles. The van der Waals surface area contributed by atoms with Crippen LogP contribution in [0, 0.1) is 23.2 Å². The van der Waals surface area contributed by atoms with Gasteiger partial charge in [0, 0.05) is 11.7 Å². The molecule has 5 rings (SSSR count). The van der Waals surface area contributed by atoms with Gasteiger partial charge in [-0.1, -0.05) is 11.6 Å². The van der Waals surface area contributed by atoms with E-state index >= 15 is 0 Å². The molecule has 0 heterocycles. The number of carbonyl (C=O) groups excluding carboxylic acids is 2. The van der Waals surface area contributed by atoms with Gasteiger partial charge in [-0.3, -0.25) is 9.59 Å². The molecule has 0 radical (unpaired) electrons. The minimum atomic E-state index is -4.65. The van der Waals surface area contributed by atoms with E-state index in [1.807, 2.05) is 6.92 Å². The second-order valence-corrected chi connectivity index (χ2v) is 9.53. The van der Waals surface area contributed by atoms with Crippen LogP contribution in [0.3, 0.4) is 0 Å². The Balaban J connectivity index is 1.41. The minimum Gasteiger partial charge on any atom is -0.345 e. The molecule has 0 spiro atoms. The van der Waals surface area contributed by atoms with E-state index in [4.69, 9.17) is 11.6 Å². The second-order valence-electron chi connectivity index (χ2n) is 9.12. The molecule has 1 atom stereocenters. The first-order valence-corrected chi connectivity index (χ1v) is 10.4. The number of carbonyl (C=O) groups is 2. The van der Waals surface area contributed by atoms with Crippen molar-refractivity contribution in [2.24, 2.45) is 23.2 Å². The quantitative estimate of drug-likeness (QED) is 0.664. The largest absolute Gasteiger partial charge is 0.417 e. The van der Waals surface area contributed by atoms with Gasteiger partial charge in [0.1, 0.15) is 0 Å². The zero-order valence-corrected chi connectivity index (χ0v) is 16.9. The van der Waals surface area contributed by atoms with Crippen LogP contribution in [-0.2, 0) is 15.8 Å². The number of hydrogen-bond acceptors (Lipinski definition) is 2. The number of benzene rings is 1. The highest BCUT2D eigenvalue weighted by Gasteiger charge is 2.53. The van der Waals surface area contributed by atoms with Crippen LogP contribution >= 0.6 is 11.6 Å². The fourth-order valence-corrected chi connectivity index (χ4v) is 6.36. The van der Waals surface area contributed by atoms with E-state index in [0.717, 1.165) is 31.4 Å². The van der Waals surface area contributed by atoms with Gasteiger partial charge >= 0.3 is 18.0 Å². The van der Waals surface area contributed by atoms with Crippen LogP contribution in [0.25, 0.3) is 0 Å². The molecule has 1 aromatic rings. The predicted molar refractivity (Wildman–Crippen MR) is 103 cm³/mol. The van der Waals surface area contributed by atoms with Crippen molar-refractivity contribution >= 4 is 29.1 Å². The lowest BCUT2D eigenvalue weighted by molar-refractivity contribution is -0.138. The molecular weight excluding hydrogens is 405 g/mol. The van der Waals surface area contributed by atoms with Gasteiger partial charge in [-0.15, -0.1) is 0 Å². The molecule has 8 heteroatoms. The molecule has 1 unspecified atom stereocenters. The maximum atomic E-state index is 13.0. The van der Waals surface area contributed by atoms with Crippen molar-refractivity contribution < 1.29 is 22.8 Å². The van der Waals surface area contributed by atoms with Gasteiger partial charge in [0.05, 0.1) is 10.6 Å². The van der Waals surface area contributed by atoms with Gasteiger partial charge in [-0.2, -0.15) is 13.2 Å². The van der Waals surface area contributed by atoms with Gasteiger partial charge in [-0.05, 0) is 86.8 Å². The van der Waals surface area contributed by atoms with Crippen molar-refractivity contribution in [1.82, 2.24) is 5.32 Å². The summed E-state index contributed by atoms with van der Waals surface area (Å²) in [4.78, 5) is 24.7. The molecule has 4 fully saturated rings. The fourth-order valence-electron chi connectivity index (χ4n) is 6.13. The van der Waals surface area contributed by atoms with E-state index in [2.05, 4.69) is 10.6 Å². The minimum absolute atomic E-state index is 0.0361. The Labute approximate surface area is 172 Å². The molecule has 2 N–H and O–H groups in total. The van der Waals surface area contributed by atoms with Crippen LogP contribution in [-0.4, -0.2) is 17.9 Å². The van der Waals surface area contributed by atoms with Crippen LogP contribution in [0.2, 0.25) is 5.02 Å². The van der Waals surface area contributed by atoms with E-state index in [-0.39, 0.29) is 17.1 Å². The molecule has 4 aliphatic rings. The highest BCUT2D eigenvalue weighted by atomic mass is 35.5. The van der Waals surface area contributed by atoms with Gasteiger partial charge in [0.15, 0.2) is 0 Å². The Hall–Kier alpha value is -1.76. The van der Waals surface area contributed by atoms with Crippen LogP contribution in [0.5, 0.6) is 0 Å². The topological polar surface area (TPSA) is 58.2 Å². The van der Waals surface area contributed by atoms with E-state index < -0.39 is 28.6 Å². The zero-order chi connectivity index (χ0) is 21.0. The standard InChI is InChI=1S/C21H24ClF3N2O2/c1-11(20-8-12-4-13(9-20)6-14(5-12)10-20)26-18(28)19(29)27-15-2-3-17(22)16(7-15)21(23,24)25/h2-3,7,11-14H,4-6,8-10H2,1H3,(H,26,28)(H,27,29). The number of rotatable bonds is 3. The van der Waals surface area contributed by atoms with Crippen molar-refractivity contribution in [3.63, 3.8) is 0 Å². The number of halogens is 4. The number of anilines is 1. The lowest BCUT2D eigenvalue weighted by Crippen LogP contribution is -2.57. The molecule has 4 nitrogen and oxygen atoms in total. The van der Waals surface area contributed by atoms with Crippen LogP contribution in [0.1, 0.15) is 51.0 Å². The van der Waals surface area contributed by atoms with Crippen molar-refractivity contribution in [2.45, 2.75) is 57.7 Å². The van der Waals surface area contributed by atoms with Gasteiger partial charge in [-0.25, -0.2) is 0 Å². The summed E-state index contributed by atoms with van der Waals surface area (Å²) in [5.41, 5.74) is -1.14. The zero-order valence-electron chi connectivity index (χ0n) is 16.1. The van der Waals surface area contributed by atoms with Gasteiger partial charge < -0.3 is 10.6 Å². The molecule has 4 aliphatic carbocycles. The summed E-state index contributed by atoms with van der Waals surface area (Å²) in [5.74, 6) is 0.339. The Morgan fingerprint density at radius 2 is 1.62 bits per heavy atom. The van der Waals surface area contributed by atoms with E-state index in [1.54, 1.807) is 0 Å². The molecule has 0 aromatic heterocycles. The molecule has 1 aromatic carbocycles. The summed E-state index contributed by atoms with van der Waals surface area (Å²) in [6, 6.07) is 2.88. The number of alkyl halides is 3. The molecule has 4 saturated carbocycles. The Kier molecular flexibility index (Phi) is 5.08. The van der Waals surface area contributed by atoms with Gasteiger partial charge in [0.2, 0.25) is 0 Å². The molecule has 2 amide bonds. The lowest BCUT2D eigenvalue weighted by Gasteiger charge is -2.59. The third-order valence-corrected chi connectivity index (χ3v) is 7.42. The summed E-state index contributed by atoms with van der Waals surface area (Å²) in [5, 5.41) is 4.60. The van der Waals surface area contributed by atoms with E-state index in [1.165, 1.54) is 25.3 Å². The highest BCUT2D eigenvalue weighted by molar-refractivity contribution is 6.39. The van der Waals surface area contributed by atoms with Gasteiger partial charge in [0.25, 0.3) is 0 Å². The Morgan fingerprint density at radius 1 is 1.07 bits per heavy atom. The maximum absolute atomic E-state index is 13.0. The summed E-state index contributed by atoms with van der Waals surface area (Å²) in [6.45, 7) is 1.95. The molecule has 158 valence electrons. The van der Waals surface area contributed by atoms with Crippen LogP contribution in [0.15, 0.2) is 18.2 Å². The molecule has 4 bridgehead atoms. The first kappa shape index (κ1) is 20.5. The second kappa shape index (κ2) is 7.18. The smallest absolute Gasteiger partial charge is 0.345 e.